The van der Waals surface area contributed by atoms with E-state index in [2.05, 4.69) is 9.05 Å². The molecule has 8 N–H and O–H groups in total. The highest BCUT2D eigenvalue weighted by Crippen LogP contribution is 2.51. The van der Waals surface area contributed by atoms with Crippen LogP contribution in [0.2, 0.25) is 0 Å². The highest BCUT2D eigenvalue weighted by atomic mass is 31.2. The number of unbranched alkanes of at least 4 members (excludes halogenated alkanes) is 8. The highest BCUT2D eigenvalue weighted by Gasteiger charge is 2.56. The van der Waals surface area contributed by atoms with Gasteiger partial charge in [0.1, 0.15) is 43.2 Å². The highest BCUT2D eigenvalue weighted by molar-refractivity contribution is 7.47. The first-order valence-electron chi connectivity index (χ1n) is 15.3. The summed E-state index contributed by atoms with van der Waals surface area (Å²) in [5.41, 5.74) is 0. The van der Waals surface area contributed by atoms with Gasteiger partial charge >= 0.3 is 35.4 Å². The number of carbonyl (C=O) groups excluding carboxylic acids is 2. The van der Waals surface area contributed by atoms with Gasteiger partial charge in [-0.1, -0.05) is 65.2 Å². The van der Waals surface area contributed by atoms with E-state index in [-0.39, 0.29) is 12.8 Å². The summed E-state index contributed by atoms with van der Waals surface area (Å²) in [5.74, 6) is -1.33. The number of aliphatic hydroxyl groups is 3. The first-order valence-corrected chi connectivity index (χ1v) is 19.9. The fraction of sp³-hybridized carbons (Fsp3) is 0.920. The second-order valence-electron chi connectivity index (χ2n) is 11.1. The van der Waals surface area contributed by atoms with Crippen LogP contribution in [-0.4, -0.2) is 108 Å². The van der Waals surface area contributed by atoms with Gasteiger partial charge in [0.15, 0.2) is 6.10 Å². The van der Waals surface area contributed by atoms with Crippen LogP contribution < -0.4 is 0 Å². The summed E-state index contributed by atoms with van der Waals surface area (Å²) in [6.07, 6.45) is -7.79. The molecule has 0 aromatic carbocycles. The number of esters is 2. The van der Waals surface area contributed by atoms with Crippen molar-refractivity contribution < 1.29 is 90.6 Å². The molecule has 0 aromatic heterocycles. The van der Waals surface area contributed by atoms with Gasteiger partial charge in [-0.3, -0.25) is 27.7 Å². The van der Waals surface area contributed by atoms with Crippen LogP contribution in [0.15, 0.2) is 0 Å². The molecule has 1 rings (SSSR count). The minimum absolute atomic E-state index is 0.00394. The molecule has 0 aromatic rings. The van der Waals surface area contributed by atoms with Crippen molar-refractivity contribution in [3.63, 3.8) is 0 Å². The van der Waals surface area contributed by atoms with E-state index in [4.69, 9.17) is 28.3 Å². The Morgan fingerprint density at radius 1 is 0.596 bits per heavy atom. The largest absolute Gasteiger partial charge is 0.472 e. The predicted octanol–water partition coefficient (Wildman–Crippen LogP) is 1.72. The summed E-state index contributed by atoms with van der Waals surface area (Å²) in [5, 5.41) is 31.4. The van der Waals surface area contributed by atoms with Crippen molar-refractivity contribution in [2.75, 3.05) is 13.2 Å². The molecule has 0 radical (unpaired) electrons. The maximum absolute atomic E-state index is 12.8. The van der Waals surface area contributed by atoms with E-state index in [9.17, 15) is 53.3 Å². The number of carbonyl (C=O) groups is 2. The van der Waals surface area contributed by atoms with Crippen LogP contribution in [0.25, 0.3) is 0 Å². The monoisotopic (exact) mass is 746 g/mol. The van der Waals surface area contributed by atoms with Gasteiger partial charge < -0.3 is 49.3 Å². The molecule has 19 nitrogen and oxygen atoms in total. The van der Waals surface area contributed by atoms with Crippen molar-refractivity contribution in [1.82, 2.24) is 0 Å². The molecule has 0 amide bonds. The van der Waals surface area contributed by atoms with Crippen molar-refractivity contribution in [3.05, 3.63) is 0 Å². The Kier molecular flexibility index (Phi) is 20.1. The molecule has 0 heterocycles. The number of phosphoric acid groups is 3. The molecular weight excluding hydrogens is 697 g/mol. The van der Waals surface area contributed by atoms with Gasteiger partial charge in [0, 0.05) is 12.8 Å². The Morgan fingerprint density at radius 2 is 1.04 bits per heavy atom. The smallest absolute Gasteiger partial charge is 0.462 e. The fourth-order valence-electron chi connectivity index (χ4n) is 4.58. The second kappa shape index (κ2) is 21.4. The zero-order valence-corrected chi connectivity index (χ0v) is 29.0. The van der Waals surface area contributed by atoms with Crippen LogP contribution in [0.4, 0.5) is 0 Å². The third-order valence-corrected chi connectivity index (χ3v) is 8.94. The number of aliphatic hydroxyl groups excluding tert-OH is 3. The van der Waals surface area contributed by atoms with Crippen molar-refractivity contribution in [2.45, 2.75) is 134 Å². The normalized spacial score (nSPS) is 25.6. The van der Waals surface area contributed by atoms with Crippen molar-refractivity contribution in [2.24, 2.45) is 0 Å². The quantitative estimate of drug-likeness (QED) is 0.0396. The molecule has 1 aliphatic rings. The van der Waals surface area contributed by atoms with E-state index in [0.717, 1.165) is 51.4 Å². The fourth-order valence-corrected chi connectivity index (χ4v) is 6.68. The van der Waals surface area contributed by atoms with E-state index in [1.165, 1.54) is 0 Å². The first-order chi connectivity index (χ1) is 21.8. The van der Waals surface area contributed by atoms with Gasteiger partial charge in [0.25, 0.3) is 0 Å². The molecular formula is C25H49O19P3. The SMILES string of the molecule is CCCCCCCC(=O)OC[C@@H](COP(=O)(O)O[C@@H]1[C@@H](O)[C@H](OP(=O)(O)O)[C@@H](OP(=O)(O)O)[C@H](O)[C@@H]1O)OC(=O)CCCCCCC. The first kappa shape index (κ1) is 44.2. The molecule has 22 heteroatoms. The maximum atomic E-state index is 12.8. The van der Waals surface area contributed by atoms with E-state index >= 15 is 0 Å². The number of rotatable bonds is 24. The van der Waals surface area contributed by atoms with Crippen molar-refractivity contribution in [3.8, 4) is 0 Å². The zero-order valence-electron chi connectivity index (χ0n) is 26.4. The van der Waals surface area contributed by atoms with Crippen molar-refractivity contribution in [1.29, 1.82) is 0 Å². The van der Waals surface area contributed by atoms with Gasteiger partial charge in [0.2, 0.25) is 0 Å². The third-order valence-electron chi connectivity index (χ3n) is 6.91. The summed E-state index contributed by atoms with van der Waals surface area (Å²) in [7, 11) is -16.5. The van der Waals surface area contributed by atoms with Crippen LogP contribution in [0.5, 0.6) is 0 Å². The molecule has 0 saturated heterocycles. The number of hydrogen-bond acceptors (Lipinski definition) is 14. The van der Waals surface area contributed by atoms with Gasteiger partial charge in [-0.15, -0.1) is 0 Å². The molecule has 8 atom stereocenters. The lowest BCUT2D eigenvalue weighted by molar-refractivity contribution is -0.213. The Balaban J connectivity index is 2.98. The molecule has 0 spiro atoms. The number of phosphoric ester groups is 3. The van der Waals surface area contributed by atoms with Crippen molar-refractivity contribution >= 4 is 35.4 Å². The van der Waals surface area contributed by atoms with Crippen LogP contribution in [0.1, 0.15) is 90.9 Å². The molecule has 47 heavy (non-hydrogen) atoms. The maximum Gasteiger partial charge on any atom is 0.472 e. The van der Waals surface area contributed by atoms with Crippen LogP contribution in [0, 0.1) is 0 Å². The van der Waals surface area contributed by atoms with Gasteiger partial charge in [-0.2, -0.15) is 0 Å². The summed E-state index contributed by atoms with van der Waals surface area (Å²) >= 11 is 0. The Labute approximate surface area is 272 Å². The standard InChI is InChI=1S/C25H49O19P3/c1-3-5-7-9-11-13-18(26)39-15-17(41-19(27)14-12-10-8-6-4-2)16-40-47(37,38)44-23-20(28)21(29)24(42-45(31,32)33)25(22(23)30)43-46(34,35)36/h17,20-25,28-30H,3-16H2,1-2H3,(H,37,38)(H2,31,32,33)(H2,34,35,36)/t17-,20-,21+,22+,23-,24-,25-/m0/s1. The predicted molar refractivity (Wildman–Crippen MR) is 160 cm³/mol. The topological polar surface area (TPSA) is 303 Å². The minimum atomic E-state index is -5.57. The molecule has 0 aliphatic heterocycles. The summed E-state index contributed by atoms with van der Waals surface area (Å²) in [6.45, 7) is 2.59. The van der Waals surface area contributed by atoms with Crippen LogP contribution in [-0.2, 0) is 50.9 Å². The van der Waals surface area contributed by atoms with E-state index < -0.39 is 91.3 Å². The summed E-state index contributed by atoms with van der Waals surface area (Å²) < 4.78 is 64.2. The van der Waals surface area contributed by atoms with Gasteiger partial charge in [-0.25, -0.2) is 13.7 Å². The van der Waals surface area contributed by atoms with Crippen LogP contribution in [0.3, 0.4) is 0 Å². The lowest BCUT2D eigenvalue weighted by atomic mass is 9.85. The molecule has 278 valence electrons. The molecule has 1 fully saturated rings. The molecule has 1 aliphatic carbocycles. The summed E-state index contributed by atoms with van der Waals surface area (Å²) in [6, 6.07) is 0. The zero-order chi connectivity index (χ0) is 35.8. The Morgan fingerprint density at radius 3 is 1.53 bits per heavy atom. The lowest BCUT2D eigenvalue weighted by Gasteiger charge is -2.44. The summed E-state index contributed by atoms with van der Waals surface area (Å²) in [4.78, 5) is 71.6. The molecule has 1 saturated carbocycles. The number of ether oxygens (including phenoxy) is 2. The third kappa shape index (κ3) is 18.6. The van der Waals surface area contributed by atoms with E-state index in [0.29, 0.717) is 12.8 Å². The minimum Gasteiger partial charge on any atom is -0.462 e. The Hall–Kier alpha value is -0.850. The van der Waals surface area contributed by atoms with Crippen LogP contribution >= 0.6 is 23.5 Å². The average Bonchev–Trinajstić information content (AvgIpc) is 2.96. The lowest BCUT2D eigenvalue weighted by Crippen LogP contribution is -2.65. The van der Waals surface area contributed by atoms with E-state index in [1.54, 1.807) is 0 Å². The van der Waals surface area contributed by atoms with Gasteiger partial charge in [0.05, 0.1) is 6.61 Å². The second-order valence-corrected chi connectivity index (χ2v) is 14.8. The Bertz CT molecular complexity index is 1080. The average molecular weight is 747 g/mol. The number of hydrogen-bond donors (Lipinski definition) is 8. The van der Waals surface area contributed by atoms with E-state index in [1.807, 2.05) is 13.8 Å². The molecule has 1 unspecified atom stereocenters. The molecule has 0 bridgehead atoms. The van der Waals surface area contributed by atoms with Gasteiger partial charge in [-0.05, 0) is 12.8 Å².